The van der Waals surface area contributed by atoms with Crippen molar-refractivity contribution in [3.63, 3.8) is 0 Å². The third-order valence-electron chi connectivity index (χ3n) is 26.9. The van der Waals surface area contributed by atoms with Gasteiger partial charge in [-0.2, -0.15) is 0 Å². The molecular formula is C74H13N. The van der Waals surface area contributed by atoms with E-state index in [0.29, 0.717) is 0 Å². The highest BCUT2D eigenvalue weighted by atomic mass is 15.1. The summed E-state index contributed by atoms with van der Waals surface area (Å²) in [5.74, 6) is 0. The molecule has 0 bridgehead atoms. The van der Waals surface area contributed by atoms with Crippen molar-refractivity contribution in [1.29, 1.82) is 0 Å². The molecule has 35 rings (SSSR count). The summed E-state index contributed by atoms with van der Waals surface area (Å²) in [4.78, 5) is 0. The van der Waals surface area contributed by atoms with Gasteiger partial charge in [0, 0.05) is 12.1 Å². The quantitative estimate of drug-likeness (QED) is 0.170. The fourth-order valence-electron chi connectivity index (χ4n) is 26.8. The molecule has 1 aliphatic heterocycles. The Morgan fingerprint density at radius 1 is 0.173 bits per heavy atom. The van der Waals surface area contributed by atoms with Crippen LogP contribution in [-0.2, 0) is 10.8 Å². The first-order valence-electron chi connectivity index (χ1n) is 28.1. The van der Waals surface area contributed by atoms with Gasteiger partial charge < -0.3 is 5.32 Å². The van der Waals surface area contributed by atoms with Crippen molar-refractivity contribution in [3.05, 3.63) is 94.0 Å². The molecule has 30 aromatic carbocycles. The normalized spacial score (nSPS) is 23.8. The molecule has 1 heterocycles. The van der Waals surface area contributed by atoms with Crippen LogP contribution in [0.3, 0.4) is 0 Å². The average Bonchev–Trinajstić information content (AvgIpc) is 3.40. The molecule has 314 valence electrons. The lowest BCUT2D eigenvalue weighted by molar-refractivity contribution is 0.334. The highest BCUT2D eigenvalue weighted by molar-refractivity contribution is 6.82. The average molecular weight is 916 g/mol. The maximum Gasteiger partial charge on any atom is 0.0579 e. The van der Waals surface area contributed by atoms with Crippen LogP contribution in [-0.4, -0.2) is 0 Å². The van der Waals surface area contributed by atoms with Crippen LogP contribution >= 0.6 is 0 Å². The Hall–Kier alpha value is -9.14. The Balaban J connectivity index is 1.14. The third-order valence-corrected chi connectivity index (χ3v) is 26.9. The number of hydrogen-bond acceptors (Lipinski definition) is 1. The van der Waals surface area contributed by atoms with Gasteiger partial charge in [-0.05, 0) is 324 Å². The lowest BCUT2D eigenvalue weighted by Crippen LogP contribution is -2.52. The second-order valence-electron chi connectivity index (χ2n) is 27.2. The van der Waals surface area contributed by atoms with Crippen molar-refractivity contribution in [1.82, 2.24) is 5.32 Å². The molecule has 30 aromatic rings. The lowest BCUT2D eigenvalue weighted by Gasteiger charge is -2.53. The molecule has 75 heavy (non-hydrogen) atoms. The smallest absolute Gasteiger partial charge is 0.0579 e. The molecule has 4 aliphatic carbocycles. The van der Waals surface area contributed by atoms with Crippen LogP contribution in [0.2, 0.25) is 0 Å². The van der Waals surface area contributed by atoms with E-state index in [-0.39, 0.29) is 12.1 Å². The molecule has 2 atom stereocenters. The van der Waals surface area contributed by atoms with Gasteiger partial charge in [0.1, 0.15) is 0 Å². The van der Waals surface area contributed by atoms with E-state index < -0.39 is 10.8 Å². The van der Waals surface area contributed by atoms with Gasteiger partial charge in [0.2, 0.25) is 0 Å². The molecule has 2 spiro atoms. The fraction of sp³-hybridized carbons (Fsp3) is 0.0541. The zero-order valence-corrected chi connectivity index (χ0v) is 38.4. The zero-order valence-electron chi connectivity index (χ0n) is 38.4. The van der Waals surface area contributed by atoms with Crippen molar-refractivity contribution in [3.8, 4) is 0 Å². The minimum atomic E-state index is -0.416. The van der Waals surface area contributed by atoms with E-state index in [2.05, 4.69) is 60.7 Å². The summed E-state index contributed by atoms with van der Waals surface area (Å²) in [6, 6.07) is 24.2. The second kappa shape index (κ2) is 6.62. The van der Waals surface area contributed by atoms with Gasteiger partial charge in [-0.1, -0.05) is 60.7 Å². The Kier molecular flexibility index (Phi) is 2.50. The molecule has 1 heteroatoms. The van der Waals surface area contributed by atoms with Gasteiger partial charge in [-0.3, -0.25) is 0 Å². The summed E-state index contributed by atoms with van der Waals surface area (Å²) in [5.41, 5.74) is 9.00. The first kappa shape index (κ1) is 28.3. The van der Waals surface area contributed by atoms with E-state index in [1.54, 1.807) is 313 Å². The standard InChI is InChI=1S/C74H13N/c1-3-7-11(8-4-1)71-73-67-59-51-41-31-23-15-13-14-17-21-19(15)27-35-29(21)39-33-25(17)26-18(14)22-20-16(13)24(23)32-38-28(20)36-30(22)40-34(26)44-43(33)53-47(39)57-49(35)55(45(51)37(27)31)63(67)65(57)69-61(53)62-54(44)48(40)58-50(36)56-46(38)52(42(32)41)60(59)68(73)64(56)66(58)70(62)74(69,73)72(75-71)12-9-5-2-6-10-12/h1-10,71-72,75H. The van der Waals surface area contributed by atoms with Gasteiger partial charge in [0.15, 0.2) is 0 Å². The van der Waals surface area contributed by atoms with Gasteiger partial charge in [0.25, 0.3) is 0 Å². The number of benzene rings is 20. The van der Waals surface area contributed by atoms with E-state index >= 15 is 0 Å². The van der Waals surface area contributed by atoms with E-state index in [0.717, 1.165) is 0 Å². The summed E-state index contributed by atoms with van der Waals surface area (Å²) in [7, 11) is 0. The van der Waals surface area contributed by atoms with E-state index in [9.17, 15) is 0 Å². The van der Waals surface area contributed by atoms with Crippen molar-refractivity contribution in [2.75, 3.05) is 0 Å². The van der Waals surface area contributed by atoms with E-state index in [4.69, 9.17) is 5.32 Å². The van der Waals surface area contributed by atoms with Crippen molar-refractivity contribution in [2.24, 2.45) is 0 Å². The van der Waals surface area contributed by atoms with Crippen LogP contribution in [0.15, 0.2) is 60.7 Å². The minimum Gasteiger partial charge on any atom is -0.301 e. The molecule has 1 N–H and O–H groups in total. The Labute approximate surface area is 410 Å². The highest BCUT2D eigenvalue weighted by Crippen LogP contribution is 2.88. The van der Waals surface area contributed by atoms with E-state index in [1.165, 1.54) is 11.1 Å². The van der Waals surface area contributed by atoms with Crippen molar-refractivity contribution >= 4 is 291 Å². The molecular weight excluding hydrogens is 903 g/mol. The number of rotatable bonds is 2. The van der Waals surface area contributed by atoms with Crippen LogP contribution in [0, 0.1) is 0 Å². The maximum atomic E-state index is 4.90. The lowest BCUT2D eigenvalue weighted by atomic mass is 9.45. The maximum absolute atomic E-state index is 4.90. The number of hydrogen-bond donors (Lipinski definition) is 1. The van der Waals surface area contributed by atoms with Gasteiger partial charge in [0.05, 0.1) is 10.8 Å². The Morgan fingerprint density at radius 3 is 0.453 bits per heavy atom. The molecule has 2 unspecified atom stereocenters. The van der Waals surface area contributed by atoms with Crippen LogP contribution in [0.5, 0.6) is 0 Å². The molecule has 1 fully saturated rings. The van der Waals surface area contributed by atoms with Crippen LogP contribution in [0.25, 0.3) is 291 Å². The SMILES string of the molecule is c1ccc(C2NC(c3ccccc3)C34c5c6c7c8c9c%10c(c%11c%12c3c3c5c5c%13c6c6c7c7c9c9c%14c%10c%10c%11c%11c%12c%12c3c3c5c5c%13c%13c6c6c7c9c7c9c%14c%10c%10c%11c%11c%12c3c3c5c5c%13c6c7c6c9c%10c%11c3c56)C824)cc1. The summed E-state index contributed by atoms with van der Waals surface area (Å²) in [6.45, 7) is 0. The summed E-state index contributed by atoms with van der Waals surface area (Å²) >= 11 is 0. The van der Waals surface area contributed by atoms with Gasteiger partial charge >= 0.3 is 0 Å². The molecule has 0 radical (unpaired) electrons. The summed E-state index contributed by atoms with van der Waals surface area (Å²) in [5, 5.41) is 94.4. The number of nitrogens with one attached hydrogen (secondary N) is 1. The predicted molar refractivity (Wildman–Crippen MR) is 315 cm³/mol. The summed E-state index contributed by atoms with van der Waals surface area (Å²) in [6.07, 6.45) is 0. The molecule has 1 saturated heterocycles. The van der Waals surface area contributed by atoms with Gasteiger partial charge in [-0.15, -0.1) is 0 Å². The van der Waals surface area contributed by atoms with Crippen molar-refractivity contribution < 1.29 is 0 Å². The predicted octanol–water partition coefficient (Wildman–Crippen LogP) is 19.4. The minimum absolute atomic E-state index is 0.0413. The van der Waals surface area contributed by atoms with Gasteiger partial charge in [-0.25, -0.2) is 0 Å². The molecule has 0 aromatic heterocycles. The van der Waals surface area contributed by atoms with Crippen LogP contribution in [0.1, 0.15) is 45.5 Å². The molecule has 1 nitrogen and oxygen atoms in total. The molecule has 0 saturated carbocycles. The van der Waals surface area contributed by atoms with Crippen LogP contribution < -0.4 is 5.32 Å². The fourth-order valence-corrected chi connectivity index (χ4v) is 26.8. The van der Waals surface area contributed by atoms with Crippen molar-refractivity contribution in [2.45, 2.75) is 22.9 Å². The topological polar surface area (TPSA) is 12.0 Å². The third kappa shape index (κ3) is 1.57. The first-order chi connectivity index (χ1) is 37.4. The second-order valence-corrected chi connectivity index (χ2v) is 27.2. The largest absolute Gasteiger partial charge is 0.301 e. The zero-order chi connectivity index (χ0) is 44.6. The first-order valence-corrected chi connectivity index (χ1v) is 28.1. The summed E-state index contributed by atoms with van der Waals surface area (Å²) < 4.78 is 0. The van der Waals surface area contributed by atoms with E-state index in [1.807, 2.05) is 0 Å². The molecule has 5 aliphatic rings. The molecule has 0 amide bonds. The highest BCUT2D eigenvalue weighted by Gasteiger charge is 2.77. The monoisotopic (exact) mass is 915 g/mol. The Bertz CT molecular complexity index is 7100. The Morgan fingerprint density at radius 2 is 0.307 bits per heavy atom. The van der Waals surface area contributed by atoms with Crippen LogP contribution in [0.4, 0.5) is 0 Å².